The molecule has 0 bridgehead atoms. The number of hydrogen-bond acceptors (Lipinski definition) is 5. The van der Waals surface area contributed by atoms with E-state index in [-0.39, 0.29) is 28.4 Å². The van der Waals surface area contributed by atoms with Gasteiger partial charge in [0.2, 0.25) is 0 Å². The summed E-state index contributed by atoms with van der Waals surface area (Å²) >= 11 is 0. The van der Waals surface area contributed by atoms with Gasteiger partial charge in [0.25, 0.3) is 0 Å². The lowest BCUT2D eigenvalue weighted by atomic mass is 10.0. The molecule has 0 aliphatic rings. The van der Waals surface area contributed by atoms with Crippen molar-refractivity contribution in [3.05, 3.63) is 71.8 Å². The molecule has 0 aliphatic heterocycles. The first-order valence-electron chi connectivity index (χ1n) is 7.02. The van der Waals surface area contributed by atoms with Gasteiger partial charge in [-0.25, -0.2) is 9.68 Å². The average molecular weight is 312 g/mol. The predicted molar refractivity (Wildman–Crippen MR) is 84.1 cm³/mol. The third kappa shape index (κ3) is 3.97. The first-order valence-corrected chi connectivity index (χ1v) is 7.02. The third-order valence-corrected chi connectivity index (χ3v) is 3.18. The third-order valence-electron chi connectivity index (χ3n) is 3.18. The summed E-state index contributed by atoms with van der Waals surface area (Å²) in [6.45, 7) is 5.29. The summed E-state index contributed by atoms with van der Waals surface area (Å²) in [5.74, 6) is -1.16. The summed E-state index contributed by atoms with van der Waals surface area (Å²) in [7, 11) is 0. The Balaban J connectivity index is 2.11. The van der Waals surface area contributed by atoms with Crippen LogP contribution >= 0.6 is 0 Å². The molecule has 0 amide bonds. The molecule has 0 aliphatic carbocycles. The van der Waals surface area contributed by atoms with Gasteiger partial charge in [-0.1, -0.05) is 43.8 Å². The number of phenols is 1. The Labute approximate surface area is 133 Å². The Hall–Kier alpha value is -3.08. The number of carbonyl (C=O) groups is 2. The number of ketones is 1. The number of benzene rings is 2. The average Bonchev–Trinajstić information content (AvgIpc) is 2.59. The fraction of sp³-hybridized carbons (Fsp3) is 0.111. The van der Waals surface area contributed by atoms with Gasteiger partial charge in [0.05, 0.1) is 5.56 Å². The van der Waals surface area contributed by atoms with Crippen molar-refractivity contribution in [2.75, 3.05) is 0 Å². The second kappa shape index (κ2) is 7.26. The van der Waals surface area contributed by atoms with Crippen LogP contribution in [-0.4, -0.2) is 16.9 Å². The van der Waals surface area contributed by atoms with Crippen molar-refractivity contribution >= 4 is 11.8 Å². The van der Waals surface area contributed by atoms with Crippen molar-refractivity contribution in [3.63, 3.8) is 0 Å². The van der Waals surface area contributed by atoms with Gasteiger partial charge in [-0.2, -0.15) is 0 Å². The molecular weight excluding hydrogens is 296 g/mol. The van der Waals surface area contributed by atoms with Crippen LogP contribution in [0.5, 0.6) is 11.5 Å². The summed E-state index contributed by atoms with van der Waals surface area (Å²) in [5.41, 5.74) is 0.861. The molecule has 0 unspecified atom stereocenters. The molecule has 23 heavy (non-hydrogen) atoms. The van der Waals surface area contributed by atoms with Crippen LogP contribution in [0.4, 0.5) is 0 Å². The van der Waals surface area contributed by atoms with Gasteiger partial charge >= 0.3 is 5.97 Å². The lowest BCUT2D eigenvalue weighted by Gasteiger charge is -2.08. The monoisotopic (exact) mass is 312 g/mol. The molecule has 0 aromatic heterocycles. The molecule has 0 saturated carbocycles. The maximum Gasteiger partial charge on any atom is 0.381 e. The van der Waals surface area contributed by atoms with Crippen LogP contribution in [0.25, 0.3) is 0 Å². The maximum atomic E-state index is 12.3. The number of hydrogen-bond donors (Lipinski definition) is 1. The van der Waals surface area contributed by atoms with Crippen molar-refractivity contribution in [2.45, 2.75) is 13.3 Å². The minimum atomic E-state index is -0.684. The molecule has 0 atom stereocenters. The van der Waals surface area contributed by atoms with Crippen LogP contribution in [0.15, 0.2) is 60.7 Å². The van der Waals surface area contributed by atoms with E-state index in [4.69, 9.17) is 4.89 Å². The summed E-state index contributed by atoms with van der Waals surface area (Å²) < 4.78 is 0. The van der Waals surface area contributed by atoms with Crippen molar-refractivity contribution in [3.8, 4) is 11.5 Å². The van der Waals surface area contributed by atoms with Crippen molar-refractivity contribution in [1.29, 1.82) is 0 Å². The zero-order chi connectivity index (χ0) is 16.8. The molecule has 0 spiro atoms. The summed E-state index contributed by atoms with van der Waals surface area (Å²) in [4.78, 5) is 33.1. The number of aromatic hydroxyl groups is 1. The molecule has 0 saturated heterocycles. The fourth-order valence-corrected chi connectivity index (χ4v) is 1.79. The normalized spacial score (nSPS) is 9.96. The Morgan fingerprint density at radius 2 is 1.83 bits per heavy atom. The van der Waals surface area contributed by atoms with E-state index in [9.17, 15) is 14.7 Å². The lowest BCUT2D eigenvalue weighted by molar-refractivity contribution is -0.208. The number of rotatable bonds is 6. The van der Waals surface area contributed by atoms with Crippen molar-refractivity contribution < 1.29 is 24.5 Å². The SMILES string of the molecule is C=C(CC)C(=O)OOc1ccc(C(=O)c2ccccc2)c(O)c1. The molecule has 118 valence electrons. The first kappa shape index (κ1) is 16.3. The minimum Gasteiger partial charge on any atom is -0.507 e. The fourth-order valence-electron chi connectivity index (χ4n) is 1.79. The molecular formula is C18H16O5. The molecule has 1 N–H and O–H groups in total. The van der Waals surface area contributed by atoms with Crippen LogP contribution in [0.1, 0.15) is 29.3 Å². The number of phenolic OH excluding ortho intramolecular Hbond substituents is 1. The molecule has 2 aromatic rings. The van der Waals surface area contributed by atoms with Crippen LogP contribution in [0.3, 0.4) is 0 Å². The van der Waals surface area contributed by atoms with E-state index in [0.29, 0.717) is 12.0 Å². The van der Waals surface area contributed by atoms with Gasteiger partial charge in [0.15, 0.2) is 11.5 Å². The van der Waals surface area contributed by atoms with Crippen LogP contribution in [0, 0.1) is 0 Å². The second-order valence-corrected chi connectivity index (χ2v) is 4.79. The highest BCUT2D eigenvalue weighted by atomic mass is 17.2. The smallest absolute Gasteiger partial charge is 0.381 e. The molecule has 0 radical (unpaired) electrons. The largest absolute Gasteiger partial charge is 0.507 e. The van der Waals surface area contributed by atoms with E-state index in [1.165, 1.54) is 18.2 Å². The van der Waals surface area contributed by atoms with E-state index in [1.807, 2.05) is 0 Å². The van der Waals surface area contributed by atoms with Gasteiger partial charge in [-0.15, -0.1) is 0 Å². The van der Waals surface area contributed by atoms with Crippen molar-refractivity contribution in [1.82, 2.24) is 0 Å². The van der Waals surface area contributed by atoms with Gasteiger partial charge in [-0.05, 0) is 18.6 Å². The Morgan fingerprint density at radius 1 is 1.13 bits per heavy atom. The molecule has 2 rings (SSSR count). The lowest BCUT2D eigenvalue weighted by Crippen LogP contribution is -2.09. The zero-order valence-corrected chi connectivity index (χ0v) is 12.6. The predicted octanol–water partition coefficient (Wildman–Crippen LogP) is 3.43. The molecule has 0 heterocycles. The minimum absolute atomic E-state index is 0.101. The second-order valence-electron chi connectivity index (χ2n) is 4.79. The van der Waals surface area contributed by atoms with Crippen LogP contribution in [0.2, 0.25) is 0 Å². The maximum absolute atomic E-state index is 12.3. The Kier molecular flexibility index (Phi) is 5.15. The van der Waals surface area contributed by atoms with Crippen LogP contribution < -0.4 is 4.89 Å². The first-order chi connectivity index (χ1) is 11.0. The number of carbonyl (C=O) groups excluding carboxylic acids is 2. The van der Waals surface area contributed by atoms with Gasteiger partial charge in [0, 0.05) is 17.2 Å². The van der Waals surface area contributed by atoms with Gasteiger partial charge < -0.3 is 5.11 Å². The topological polar surface area (TPSA) is 72.8 Å². The Morgan fingerprint density at radius 3 is 2.43 bits per heavy atom. The summed E-state index contributed by atoms with van der Waals surface area (Å²) in [6, 6.07) is 12.6. The van der Waals surface area contributed by atoms with Crippen LogP contribution in [-0.2, 0) is 9.68 Å². The zero-order valence-electron chi connectivity index (χ0n) is 12.6. The van der Waals surface area contributed by atoms with E-state index >= 15 is 0 Å². The van der Waals surface area contributed by atoms with Gasteiger partial charge in [-0.3, -0.25) is 9.68 Å². The molecule has 5 heteroatoms. The quantitative estimate of drug-likeness (QED) is 0.383. The molecule has 2 aromatic carbocycles. The summed E-state index contributed by atoms with van der Waals surface area (Å²) in [6.07, 6.45) is 0.442. The molecule has 0 fully saturated rings. The van der Waals surface area contributed by atoms with E-state index in [0.717, 1.165) is 0 Å². The highest BCUT2D eigenvalue weighted by molar-refractivity contribution is 6.10. The Bertz CT molecular complexity index is 734. The molecule has 5 nitrogen and oxygen atoms in total. The highest BCUT2D eigenvalue weighted by Crippen LogP contribution is 2.26. The summed E-state index contributed by atoms with van der Waals surface area (Å²) in [5, 5.41) is 9.98. The van der Waals surface area contributed by atoms with E-state index in [1.54, 1.807) is 37.3 Å². The van der Waals surface area contributed by atoms with Crippen molar-refractivity contribution in [2.24, 2.45) is 0 Å². The standard InChI is InChI=1S/C18H16O5/c1-3-12(2)18(21)23-22-14-9-10-15(16(19)11-14)17(20)13-7-5-4-6-8-13/h4-11,19H,2-3H2,1H3. The van der Waals surface area contributed by atoms with E-state index < -0.39 is 5.97 Å². The van der Waals surface area contributed by atoms with Gasteiger partial charge in [0.1, 0.15) is 5.75 Å². The highest BCUT2D eigenvalue weighted by Gasteiger charge is 2.15. The van der Waals surface area contributed by atoms with E-state index in [2.05, 4.69) is 11.5 Å².